The molecule has 0 aliphatic rings. The third-order valence-electron chi connectivity index (χ3n) is 5.17. The number of carbonyl (C=O) groups is 2. The van der Waals surface area contributed by atoms with E-state index in [4.69, 9.17) is 28.9 Å². The molecule has 0 atom stereocenters. The molecule has 2 aromatic heterocycles. The van der Waals surface area contributed by atoms with Gasteiger partial charge in [0.2, 0.25) is 0 Å². The first-order valence-electron chi connectivity index (χ1n) is 10.6. The smallest absolute Gasteiger partial charge is 0.405 e. The van der Waals surface area contributed by atoms with E-state index in [0.717, 1.165) is 32.3 Å². The summed E-state index contributed by atoms with van der Waals surface area (Å²) < 4.78 is 6.82. The van der Waals surface area contributed by atoms with Crippen LogP contribution in [0.5, 0.6) is 0 Å². The van der Waals surface area contributed by atoms with Crippen molar-refractivity contribution in [2.75, 3.05) is 6.61 Å². The summed E-state index contributed by atoms with van der Waals surface area (Å²) in [7, 11) is 0. The fraction of sp³-hybridized carbons (Fsp3) is 0.292. The molecule has 0 saturated carbocycles. The minimum atomic E-state index is -0.989. The first kappa shape index (κ1) is 25.9. The number of hydrogen-bond donors (Lipinski definition) is 2. The van der Waals surface area contributed by atoms with Crippen LogP contribution in [0.15, 0.2) is 52.6 Å². The van der Waals surface area contributed by atoms with E-state index in [1.54, 1.807) is 30.2 Å². The van der Waals surface area contributed by atoms with Crippen LogP contribution in [0.25, 0.3) is 0 Å². The average Bonchev–Trinajstić information content (AvgIpc) is 3.01. The lowest BCUT2D eigenvalue weighted by Gasteiger charge is -2.15. The Kier molecular flexibility index (Phi) is 8.88. The number of benzene rings is 1. The van der Waals surface area contributed by atoms with Gasteiger partial charge in [0.05, 0.1) is 5.03 Å². The molecule has 2 heterocycles. The summed E-state index contributed by atoms with van der Waals surface area (Å²) >= 11 is 14.1. The normalized spacial score (nSPS) is 11.0. The maximum Gasteiger partial charge on any atom is 0.405 e. The highest BCUT2D eigenvalue weighted by Crippen LogP contribution is 2.41. The number of primary amides is 1. The number of ether oxygens (including phenoxy) is 1. The van der Waals surface area contributed by atoms with Gasteiger partial charge >= 0.3 is 6.09 Å². The molecule has 180 valence electrons. The van der Waals surface area contributed by atoms with Crippen molar-refractivity contribution in [3.05, 3.63) is 75.2 Å². The number of nitrogens with one attached hydrogen (secondary N) is 1. The van der Waals surface area contributed by atoms with Crippen LogP contribution in [0.1, 0.15) is 42.1 Å². The summed E-state index contributed by atoms with van der Waals surface area (Å²) in [5, 5.41) is 5.00. The van der Waals surface area contributed by atoms with E-state index in [1.807, 2.05) is 31.2 Å². The van der Waals surface area contributed by atoms with Crippen molar-refractivity contribution in [2.45, 2.75) is 49.7 Å². The molecule has 3 N–H and O–H groups in total. The van der Waals surface area contributed by atoms with Crippen molar-refractivity contribution in [1.82, 2.24) is 14.9 Å². The Morgan fingerprint density at radius 2 is 1.82 bits per heavy atom. The van der Waals surface area contributed by atoms with E-state index in [0.29, 0.717) is 16.6 Å². The molecule has 34 heavy (non-hydrogen) atoms. The van der Waals surface area contributed by atoms with E-state index >= 15 is 0 Å². The van der Waals surface area contributed by atoms with Gasteiger partial charge in [-0.15, -0.1) is 0 Å². The Morgan fingerprint density at radius 3 is 2.41 bits per heavy atom. The lowest BCUT2D eigenvalue weighted by Crippen LogP contribution is -2.30. The van der Waals surface area contributed by atoms with Gasteiger partial charge < -0.3 is 20.4 Å². The number of nitrogens with two attached hydrogens (primary N) is 1. The Balaban J connectivity index is 2.03. The maximum absolute atomic E-state index is 12.2. The molecule has 7 nitrogen and oxygen atoms in total. The van der Waals surface area contributed by atoms with Gasteiger partial charge in [0, 0.05) is 46.1 Å². The highest BCUT2D eigenvalue weighted by atomic mass is 35.5. The van der Waals surface area contributed by atoms with Crippen LogP contribution in [0, 0.1) is 6.92 Å². The predicted octanol–water partition coefficient (Wildman–Crippen LogP) is 5.53. The summed E-state index contributed by atoms with van der Waals surface area (Å²) in [5.74, 6) is -0.256. The molecule has 0 unspecified atom stereocenters. The lowest BCUT2D eigenvalue weighted by molar-refractivity contribution is -0.124. The second kappa shape index (κ2) is 11.6. The molecule has 3 aromatic rings. The number of aromatic nitrogens is 2. The largest absolute Gasteiger partial charge is 0.440 e. The maximum atomic E-state index is 12.2. The summed E-state index contributed by atoms with van der Waals surface area (Å²) in [4.78, 5) is 28.0. The topological polar surface area (TPSA) is 99.2 Å². The highest BCUT2D eigenvalue weighted by molar-refractivity contribution is 7.99. The van der Waals surface area contributed by atoms with Crippen molar-refractivity contribution in [1.29, 1.82) is 0 Å². The van der Waals surface area contributed by atoms with Crippen LogP contribution in [0.4, 0.5) is 4.79 Å². The number of pyridine rings is 1. The second-order valence-corrected chi connectivity index (χ2v) is 9.91. The Hall–Kier alpha value is -2.68. The zero-order chi connectivity index (χ0) is 24.8. The zero-order valence-electron chi connectivity index (χ0n) is 19.1. The van der Waals surface area contributed by atoms with E-state index in [-0.39, 0.29) is 12.5 Å². The minimum absolute atomic E-state index is 0.170. The number of hydrogen-bond acceptors (Lipinski definition) is 5. The van der Waals surface area contributed by atoms with Crippen molar-refractivity contribution in [2.24, 2.45) is 5.73 Å². The van der Waals surface area contributed by atoms with Gasteiger partial charge in [-0.1, -0.05) is 48.8 Å². The Labute approximate surface area is 213 Å². The average molecular weight is 521 g/mol. The summed E-state index contributed by atoms with van der Waals surface area (Å²) in [5.41, 5.74) is 9.20. The van der Waals surface area contributed by atoms with E-state index < -0.39 is 18.6 Å². The number of carbonyl (C=O) groups excluding carboxylic acids is 2. The molecule has 0 radical (unpaired) electrons. The van der Waals surface area contributed by atoms with Crippen molar-refractivity contribution < 1.29 is 14.3 Å². The molecule has 0 saturated heterocycles. The van der Waals surface area contributed by atoms with Gasteiger partial charge in [-0.2, -0.15) is 0 Å². The fourth-order valence-corrected chi connectivity index (χ4v) is 5.68. The van der Waals surface area contributed by atoms with Gasteiger partial charge in [0.15, 0.2) is 6.61 Å². The van der Waals surface area contributed by atoms with Gasteiger partial charge in [-0.3, -0.25) is 9.78 Å². The van der Waals surface area contributed by atoms with E-state index in [1.165, 1.54) is 0 Å². The van der Waals surface area contributed by atoms with Crippen LogP contribution in [0.3, 0.4) is 0 Å². The van der Waals surface area contributed by atoms with Gasteiger partial charge in [-0.25, -0.2) is 4.79 Å². The third kappa shape index (κ3) is 6.68. The van der Waals surface area contributed by atoms with E-state index in [9.17, 15) is 9.59 Å². The minimum Gasteiger partial charge on any atom is -0.440 e. The third-order valence-corrected chi connectivity index (χ3v) is 6.71. The number of amides is 2. The SMILES string of the molecule is Cc1c(CNC(=O)COC(N)=O)c(C(C)C)c(Sc2cc(Cl)cc(Cl)c2)n1Cc1ccncc1. The predicted molar refractivity (Wildman–Crippen MR) is 135 cm³/mol. The molecule has 0 spiro atoms. The molecule has 1 aromatic carbocycles. The van der Waals surface area contributed by atoms with Crippen LogP contribution < -0.4 is 11.1 Å². The quantitative estimate of drug-likeness (QED) is 0.386. The second-order valence-electron chi connectivity index (χ2n) is 7.97. The monoisotopic (exact) mass is 520 g/mol. The fourth-order valence-electron chi connectivity index (χ4n) is 3.65. The Morgan fingerprint density at radius 1 is 1.18 bits per heavy atom. The van der Waals surface area contributed by atoms with Gasteiger partial charge in [0.25, 0.3) is 5.91 Å². The summed E-state index contributed by atoms with van der Waals surface area (Å²) in [6, 6.07) is 9.41. The van der Waals surface area contributed by atoms with Crippen molar-refractivity contribution in [3.63, 3.8) is 0 Å². The molecule has 3 rings (SSSR count). The molecular weight excluding hydrogens is 495 g/mol. The molecule has 0 bridgehead atoms. The van der Waals surface area contributed by atoms with Crippen molar-refractivity contribution >= 4 is 47.0 Å². The molecule has 10 heteroatoms. The lowest BCUT2D eigenvalue weighted by atomic mass is 10.0. The van der Waals surface area contributed by atoms with Crippen LogP contribution >= 0.6 is 35.0 Å². The van der Waals surface area contributed by atoms with Gasteiger partial charge in [0.1, 0.15) is 0 Å². The van der Waals surface area contributed by atoms with Gasteiger partial charge in [-0.05, 0) is 59.9 Å². The van der Waals surface area contributed by atoms with Crippen LogP contribution in [0.2, 0.25) is 10.0 Å². The van der Waals surface area contributed by atoms with Crippen LogP contribution in [-0.4, -0.2) is 28.2 Å². The summed E-state index contributed by atoms with van der Waals surface area (Å²) in [6.07, 6.45) is 2.54. The number of nitrogens with zero attached hydrogens (tertiary/aromatic N) is 2. The molecule has 0 fully saturated rings. The molecule has 0 aliphatic carbocycles. The highest BCUT2D eigenvalue weighted by Gasteiger charge is 2.24. The first-order valence-corrected chi connectivity index (χ1v) is 12.2. The summed E-state index contributed by atoms with van der Waals surface area (Å²) in [6.45, 7) is 6.75. The van der Waals surface area contributed by atoms with Crippen molar-refractivity contribution in [3.8, 4) is 0 Å². The van der Waals surface area contributed by atoms with Crippen LogP contribution in [-0.2, 0) is 22.6 Å². The zero-order valence-corrected chi connectivity index (χ0v) is 21.4. The first-order chi connectivity index (χ1) is 16.2. The molecule has 0 aliphatic heterocycles. The molecular formula is C24H26Cl2N4O3S. The number of halogens is 2. The number of rotatable bonds is 9. The molecule has 2 amide bonds. The standard InChI is InChI=1S/C24H26Cl2N4O3S/c1-14(2)22-20(11-29-21(31)13-33-24(27)32)15(3)30(12-16-4-6-28-7-5-16)23(22)34-19-9-17(25)8-18(26)10-19/h4-10,14H,11-13H2,1-3H3,(H2,27,32)(H,29,31). The Bertz CT molecular complexity index is 1160. The van der Waals surface area contributed by atoms with E-state index in [2.05, 4.69) is 33.5 Å².